The Kier molecular flexibility index (Phi) is 5.29. The molecule has 3 aliphatic rings. The summed E-state index contributed by atoms with van der Waals surface area (Å²) < 4.78 is 27.5. The fourth-order valence-electron chi connectivity index (χ4n) is 3.40. The lowest BCUT2D eigenvalue weighted by molar-refractivity contribution is -0.0971. The van der Waals surface area contributed by atoms with Gasteiger partial charge in [0.2, 0.25) is 10.0 Å². The van der Waals surface area contributed by atoms with Gasteiger partial charge in [0.1, 0.15) is 18.2 Å². The lowest BCUT2D eigenvalue weighted by atomic mass is 10.1. The van der Waals surface area contributed by atoms with Crippen LogP contribution in [0.25, 0.3) is 0 Å². The molecule has 0 aromatic carbocycles. The van der Waals surface area contributed by atoms with Crippen molar-refractivity contribution in [2.75, 3.05) is 32.6 Å². The predicted octanol–water partition coefficient (Wildman–Crippen LogP) is 1.55. The van der Waals surface area contributed by atoms with E-state index in [9.17, 15) is 8.42 Å². The molecular formula is C17H27N5O3S. The zero-order chi connectivity index (χ0) is 18.9. The molecule has 3 aliphatic heterocycles. The normalized spacial score (nSPS) is 19.8. The molecule has 3 rings (SSSR count). The number of nitrogens with one attached hydrogen (secondary N) is 1. The molecule has 0 atom stereocenters. The van der Waals surface area contributed by atoms with E-state index in [-0.39, 0.29) is 5.75 Å². The van der Waals surface area contributed by atoms with E-state index < -0.39 is 10.0 Å². The highest BCUT2D eigenvalue weighted by atomic mass is 32.2. The van der Waals surface area contributed by atoms with E-state index in [0.29, 0.717) is 31.0 Å². The van der Waals surface area contributed by atoms with E-state index in [1.165, 1.54) is 0 Å². The number of allylic oxidation sites excluding steroid dienone is 1. The lowest BCUT2D eigenvalue weighted by Gasteiger charge is -2.40. The van der Waals surface area contributed by atoms with Gasteiger partial charge < -0.3 is 9.80 Å². The standard InChI is InChI=1S/C17H27N5O3S/c1-5-7-20-10-13(3)15(19-26(23,24)8-6-2)16-17(20)22-12-21(25-4)11-14(22)9-18-16/h9,11,19H,5-8,10,12H2,1-4H3. The van der Waals surface area contributed by atoms with Crippen LogP contribution in [0.3, 0.4) is 0 Å². The largest absolute Gasteiger partial charge is 0.352 e. The smallest absolute Gasteiger partial charge is 0.232 e. The van der Waals surface area contributed by atoms with Crippen molar-refractivity contribution in [3.8, 4) is 0 Å². The van der Waals surface area contributed by atoms with Crippen LogP contribution in [0.15, 0.2) is 39.7 Å². The highest BCUT2D eigenvalue weighted by Gasteiger charge is 2.36. The van der Waals surface area contributed by atoms with Crippen LogP contribution >= 0.6 is 0 Å². The van der Waals surface area contributed by atoms with Crippen molar-refractivity contribution in [1.29, 1.82) is 0 Å². The first-order valence-electron chi connectivity index (χ1n) is 8.94. The summed E-state index contributed by atoms with van der Waals surface area (Å²) in [6.07, 6.45) is 5.21. The molecule has 3 heterocycles. The summed E-state index contributed by atoms with van der Waals surface area (Å²) in [5.41, 5.74) is 3.19. The summed E-state index contributed by atoms with van der Waals surface area (Å²) in [6, 6.07) is 0. The first kappa shape index (κ1) is 18.8. The van der Waals surface area contributed by atoms with Crippen molar-refractivity contribution in [3.63, 3.8) is 0 Å². The van der Waals surface area contributed by atoms with Gasteiger partial charge in [0.25, 0.3) is 0 Å². The fraction of sp³-hybridized carbons (Fsp3) is 0.588. The van der Waals surface area contributed by atoms with Gasteiger partial charge in [-0.2, -0.15) is 0 Å². The monoisotopic (exact) mass is 381 g/mol. The average Bonchev–Trinajstić information content (AvgIpc) is 3.01. The van der Waals surface area contributed by atoms with E-state index in [1.54, 1.807) is 18.4 Å². The maximum Gasteiger partial charge on any atom is 0.232 e. The van der Waals surface area contributed by atoms with Crippen molar-refractivity contribution in [2.24, 2.45) is 4.99 Å². The van der Waals surface area contributed by atoms with Crippen molar-refractivity contribution >= 4 is 16.2 Å². The first-order chi connectivity index (χ1) is 12.4. The number of rotatable bonds is 7. The van der Waals surface area contributed by atoms with Gasteiger partial charge >= 0.3 is 0 Å². The molecule has 0 spiro atoms. The minimum atomic E-state index is -3.38. The summed E-state index contributed by atoms with van der Waals surface area (Å²) in [4.78, 5) is 14.3. The Morgan fingerprint density at radius 1 is 1.31 bits per heavy atom. The second kappa shape index (κ2) is 7.32. The van der Waals surface area contributed by atoms with Crippen molar-refractivity contribution in [3.05, 3.63) is 34.7 Å². The molecular weight excluding hydrogens is 354 g/mol. The van der Waals surface area contributed by atoms with Gasteiger partial charge in [-0.1, -0.05) is 13.8 Å². The lowest BCUT2D eigenvalue weighted by Crippen LogP contribution is -2.44. The molecule has 26 heavy (non-hydrogen) atoms. The highest BCUT2D eigenvalue weighted by Crippen LogP contribution is 2.36. The van der Waals surface area contributed by atoms with Crippen molar-refractivity contribution < 1.29 is 13.3 Å². The molecule has 0 aromatic heterocycles. The Labute approximate surface area is 155 Å². The Morgan fingerprint density at radius 3 is 2.73 bits per heavy atom. The minimum absolute atomic E-state index is 0.0983. The molecule has 0 saturated carbocycles. The van der Waals surface area contributed by atoms with Crippen LogP contribution in [-0.4, -0.2) is 62.1 Å². The second-order valence-corrected chi connectivity index (χ2v) is 8.49. The Hall–Kier alpha value is -2.00. The minimum Gasteiger partial charge on any atom is -0.352 e. The van der Waals surface area contributed by atoms with E-state index in [4.69, 9.17) is 4.84 Å². The Bertz CT molecular complexity index is 797. The third-order valence-electron chi connectivity index (χ3n) is 4.51. The molecule has 144 valence electrons. The van der Waals surface area contributed by atoms with Crippen LogP contribution in [0.4, 0.5) is 0 Å². The van der Waals surface area contributed by atoms with Gasteiger partial charge in [-0.15, -0.1) is 0 Å². The summed E-state index contributed by atoms with van der Waals surface area (Å²) in [5.74, 6) is 1.03. The van der Waals surface area contributed by atoms with E-state index >= 15 is 0 Å². The van der Waals surface area contributed by atoms with Gasteiger partial charge in [-0.05, 0) is 25.3 Å². The zero-order valence-corrected chi connectivity index (χ0v) is 16.6. The first-order valence-corrected chi connectivity index (χ1v) is 10.6. The Balaban J connectivity index is 2.02. The van der Waals surface area contributed by atoms with Crippen molar-refractivity contribution in [1.82, 2.24) is 19.6 Å². The number of sulfonamides is 1. The summed E-state index contributed by atoms with van der Waals surface area (Å²) in [5, 5.41) is 1.73. The van der Waals surface area contributed by atoms with E-state index in [2.05, 4.69) is 26.4 Å². The molecule has 0 aromatic rings. The average molecular weight is 382 g/mol. The predicted molar refractivity (Wildman–Crippen MR) is 101 cm³/mol. The molecule has 8 nitrogen and oxygen atoms in total. The van der Waals surface area contributed by atoms with E-state index in [1.807, 2.05) is 20.0 Å². The molecule has 0 fully saturated rings. The topological polar surface area (TPSA) is 77.5 Å². The van der Waals surface area contributed by atoms with Crippen LogP contribution in [0, 0.1) is 0 Å². The van der Waals surface area contributed by atoms with Gasteiger partial charge in [-0.3, -0.25) is 9.56 Å². The molecule has 0 unspecified atom stereocenters. The van der Waals surface area contributed by atoms with Gasteiger partial charge in [0, 0.05) is 13.1 Å². The number of fused-ring (bicyclic) bond motifs is 2. The maximum atomic E-state index is 12.4. The number of hydrogen-bond acceptors (Lipinski definition) is 7. The van der Waals surface area contributed by atoms with Crippen LogP contribution in [-0.2, 0) is 14.9 Å². The van der Waals surface area contributed by atoms with Gasteiger partial charge in [0.15, 0.2) is 0 Å². The zero-order valence-electron chi connectivity index (χ0n) is 15.8. The number of aliphatic imine (C=N–C) groups is 1. The number of nitrogens with zero attached hydrogens (tertiary/aromatic N) is 4. The fourth-order valence-corrected chi connectivity index (χ4v) is 4.62. The van der Waals surface area contributed by atoms with Crippen LogP contribution in [0.2, 0.25) is 0 Å². The summed E-state index contributed by atoms with van der Waals surface area (Å²) in [7, 11) is -1.76. The molecule has 0 bridgehead atoms. The molecule has 9 heteroatoms. The third-order valence-corrected chi connectivity index (χ3v) is 5.97. The molecule has 0 saturated heterocycles. The van der Waals surface area contributed by atoms with Crippen LogP contribution < -0.4 is 4.72 Å². The van der Waals surface area contributed by atoms with Crippen molar-refractivity contribution in [2.45, 2.75) is 33.6 Å². The quantitative estimate of drug-likeness (QED) is 0.721. The van der Waals surface area contributed by atoms with Crippen LogP contribution in [0.1, 0.15) is 33.6 Å². The molecule has 0 aliphatic carbocycles. The second-order valence-electron chi connectivity index (χ2n) is 6.65. The van der Waals surface area contributed by atoms with Gasteiger partial charge in [0.05, 0.1) is 36.7 Å². The Morgan fingerprint density at radius 2 is 2.08 bits per heavy atom. The molecule has 0 radical (unpaired) electrons. The van der Waals surface area contributed by atoms with Gasteiger partial charge in [-0.25, -0.2) is 18.5 Å². The van der Waals surface area contributed by atoms with Crippen LogP contribution in [0.5, 0.6) is 0 Å². The summed E-state index contributed by atoms with van der Waals surface area (Å²) >= 11 is 0. The summed E-state index contributed by atoms with van der Waals surface area (Å²) in [6.45, 7) is 8.04. The third kappa shape index (κ3) is 3.45. The van der Waals surface area contributed by atoms with E-state index in [0.717, 1.165) is 30.1 Å². The molecule has 1 N–H and O–H groups in total. The number of hydroxylamine groups is 2. The SMILES string of the molecule is CCCN1CC(C)=C(NS(=O)(=O)CCC)C2=C1N1CN(OC)C=C1C=N2. The highest BCUT2D eigenvalue weighted by molar-refractivity contribution is 7.89. The molecule has 0 amide bonds. The maximum absolute atomic E-state index is 12.4. The number of hydrogen-bond donors (Lipinski definition) is 1.